The lowest BCUT2D eigenvalue weighted by atomic mass is 10.1. The molecule has 0 aromatic carbocycles. The SMILES string of the molecule is Cc1nn(C)c(N(C)CC2CCN(C)C2)c1C(=O)O. The van der Waals surface area contributed by atoms with Gasteiger partial charge in [0.15, 0.2) is 0 Å². The van der Waals surface area contributed by atoms with Crippen LogP contribution in [0.1, 0.15) is 22.5 Å². The van der Waals surface area contributed by atoms with Gasteiger partial charge in [-0.05, 0) is 32.9 Å². The van der Waals surface area contributed by atoms with Crippen LogP contribution >= 0.6 is 0 Å². The summed E-state index contributed by atoms with van der Waals surface area (Å²) in [6, 6.07) is 0. The van der Waals surface area contributed by atoms with Crippen LogP contribution < -0.4 is 4.90 Å². The first-order valence-electron chi connectivity index (χ1n) is 6.56. The van der Waals surface area contributed by atoms with Gasteiger partial charge in [-0.2, -0.15) is 5.10 Å². The molecule has 6 nitrogen and oxygen atoms in total. The molecule has 0 saturated carbocycles. The van der Waals surface area contributed by atoms with E-state index in [1.165, 1.54) is 6.42 Å². The summed E-state index contributed by atoms with van der Waals surface area (Å²) in [5.41, 5.74) is 0.886. The average molecular weight is 266 g/mol. The Morgan fingerprint density at radius 1 is 1.53 bits per heavy atom. The van der Waals surface area contributed by atoms with Crippen molar-refractivity contribution < 1.29 is 9.90 Å². The maximum Gasteiger partial charge on any atom is 0.341 e. The van der Waals surface area contributed by atoms with Gasteiger partial charge in [-0.1, -0.05) is 0 Å². The van der Waals surface area contributed by atoms with Crippen molar-refractivity contribution in [2.45, 2.75) is 13.3 Å². The van der Waals surface area contributed by atoms with E-state index in [-0.39, 0.29) is 0 Å². The number of nitrogens with zero attached hydrogens (tertiary/aromatic N) is 4. The third-order valence-electron chi connectivity index (χ3n) is 3.79. The molecule has 1 aromatic heterocycles. The molecule has 1 saturated heterocycles. The second-order valence-corrected chi connectivity index (χ2v) is 5.51. The van der Waals surface area contributed by atoms with Crippen LogP contribution in [0.15, 0.2) is 0 Å². The van der Waals surface area contributed by atoms with Crippen LogP contribution in [0.25, 0.3) is 0 Å². The molecule has 19 heavy (non-hydrogen) atoms. The molecule has 2 rings (SSSR count). The Hall–Kier alpha value is -1.56. The molecule has 1 fully saturated rings. The fourth-order valence-corrected chi connectivity index (χ4v) is 2.98. The van der Waals surface area contributed by atoms with E-state index in [0.717, 1.165) is 19.6 Å². The number of aromatic nitrogens is 2. The highest BCUT2D eigenvalue weighted by molar-refractivity contribution is 5.94. The van der Waals surface area contributed by atoms with E-state index in [0.29, 0.717) is 23.0 Å². The van der Waals surface area contributed by atoms with Crippen molar-refractivity contribution in [1.82, 2.24) is 14.7 Å². The number of hydrogen-bond donors (Lipinski definition) is 1. The van der Waals surface area contributed by atoms with Crippen LogP contribution in [0, 0.1) is 12.8 Å². The summed E-state index contributed by atoms with van der Waals surface area (Å²) in [6.45, 7) is 4.80. The molecule has 1 N–H and O–H groups in total. The van der Waals surface area contributed by atoms with E-state index in [9.17, 15) is 9.90 Å². The van der Waals surface area contributed by atoms with Gasteiger partial charge in [0.25, 0.3) is 0 Å². The summed E-state index contributed by atoms with van der Waals surface area (Å²) in [4.78, 5) is 15.7. The smallest absolute Gasteiger partial charge is 0.341 e. The van der Waals surface area contributed by atoms with Crippen LogP contribution in [0.5, 0.6) is 0 Å². The summed E-state index contributed by atoms with van der Waals surface area (Å²) < 4.78 is 1.66. The fourth-order valence-electron chi connectivity index (χ4n) is 2.98. The van der Waals surface area contributed by atoms with Crippen LogP contribution in [-0.4, -0.2) is 59.5 Å². The van der Waals surface area contributed by atoms with Crippen LogP contribution in [-0.2, 0) is 7.05 Å². The molecule has 1 unspecified atom stereocenters. The maximum atomic E-state index is 11.4. The van der Waals surface area contributed by atoms with Gasteiger partial charge in [0.05, 0.1) is 5.69 Å². The van der Waals surface area contributed by atoms with E-state index < -0.39 is 5.97 Å². The number of carbonyl (C=O) groups is 1. The average Bonchev–Trinajstić information content (AvgIpc) is 2.82. The molecule has 0 radical (unpaired) electrons. The predicted octanol–water partition coefficient (Wildman–Crippen LogP) is 0.815. The minimum Gasteiger partial charge on any atom is -0.477 e. The van der Waals surface area contributed by atoms with Gasteiger partial charge >= 0.3 is 5.97 Å². The summed E-state index contributed by atoms with van der Waals surface area (Å²) in [7, 11) is 5.87. The highest BCUT2D eigenvalue weighted by Gasteiger charge is 2.26. The molecule has 1 aliphatic heterocycles. The van der Waals surface area contributed by atoms with Gasteiger partial charge in [0, 0.05) is 27.2 Å². The molecular weight excluding hydrogens is 244 g/mol. The Morgan fingerprint density at radius 2 is 2.21 bits per heavy atom. The summed E-state index contributed by atoms with van der Waals surface area (Å²) >= 11 is 0. The molecule has 1 aromatic rings. The number of carboxylic acid groups (broad SMARTS) is 1. The van der Waals surface area contributed by atoms with E-state index in [1.807, 2.05) is 11.9 Å². The Labute approximate surface area is 113 Å². The zero-order valence-electron chi connectivity index (χ0n) is 12.1. The number of hydrogen-bond acceptors (Lipinski definition) is 4. The quantitative estimate of drug-likeness (QED) is 0.874. The zero-order valence-corrected chi connectivity index (χ0v) is 12.1. The molecule has 106 valence electrons. The van der Waals surface area contributed by atoms with Gasteiger partial charge in [0.2, 0.25) is 0 Å². The topological polar surface area (TPSA) is 61.6 Å². The third kappa shape index (κ3) is 2.73. The van der Waals surface area contributed by atoms with E-state index >= 15 is 0 Å². The normalized spacial score (nSPS) is 19.9. The second-order valence-electron chi connectivity index (χ2n) is 5.51. The first-order chi connectivity index (χ1) is 8.90. The van der Waals surface area contributed by atoms with Gasteiger partial charge in [0.1, 0.15) is 11.4 Å². The summed E-state index contributed by atoms with van der Waals surface area (Å²) in [5, 5.41) is 13.6. The second kappa shape index (κ2) is 5.21. The number of aromatic carboxylic acids is 1. The molecule has 0 aliphatic carbocycles. The first-order valence-corrected chi connectivity index (χ1v) is 6.56. The number of carboxylic acids is 1. The highest BCUT2D eigenvalue weighted by atomic mass is 16.4. The third-order valence-corrected chi connectivity index (χ3v) is 3.79. The molecule has 1 aliphatic rings. The van der Waals surface area contributed by atoms with Crippen molar-refractivity contribution in [3.8, 4) is 0 Å². The largest absolute Gasteiger partial charge is 0.477 e. The Kier molecular flexibility index (Phi) is 3.80. The van der Waals surface area contributed by atoms with Crippen molar-refractivity contribution in [3.63, 3.8) is 0 Å². The molecule has 2 heterocycles. The minimum atomic E-state index is -0.906. The Morgan fingerprint density at radius 3 is 2.74 bits per heavy atom. The fraction of sp³-hybridized carbons (Fsp3) is 0.692. The van der Waals surface area contributed by atoms with Gasteiger partial charge in [-0.15, -0.1) is 0 Å². The van der Waals surface area contributed by atoms with Crippen molar-refractivity contribution in [2.24, 2.45) is 13.0 Å². The van der Waals surface area contributed by atoms with Crippen molar-refractivity contribution >= 4 is 11.8 Å². The standard InChI is InChI=1S/C13H22N4O2/c1-9-11(13(18)19)12(17(4)14-9)16(3)8-10-5-6-15(2)7-10/h10H,5-8H2,1-4H3,(H,18,19). The molecule has 1 atom stereocenters. The van der Waals surface area contributed by atoms with Gasteiger partial charge in [-0.3, -0.25) is 4.68 Å². The number of likely N-dealkylation sites (tertiary alicyclic amines) is 1. The first kappa shape index (κ1) is 13.9. The number of rotatable bonds is 4. The minimum absolute atomic E-state index is 0.316. The highest BCUT2D eigenvalue weighted by Crippen LogP contribution is 2.24. The van der Waals surface area contributed by atoms with E-state index in [4.69, 9.17) is 0 Å². The van der Waals surface area contributed by atoms with E-state index in [2.05, 4.69) is 17.0 Å². The zero-order chi connectivity index (χ0) is 14.2. The molecule has 6 heteroatoms. The van der Waals surface area contributed by atoms with Gasteiger partial charge < -0.3 is 14.9 Å². The van der Waals surface area contributed by atoms with Gasteiger partial charge in [-0.25, -0.2) is 4.79 Å². The van der Waals surface area contributed by atoms with Crippen molar-refractivity contribution in [1.29, 1.82) is 0 Å². The van der Waals surface area contributed by atoms with Crippen molar-refractivity contribution in [2.75, 3.05) is 38.6 Å². The van der Waals surface area contributed by atoms with Crippen LogP contribution in [0.2, 0.25) is 0 Å². The molecule has 0 amide bonds. The lowest BCUT2D eigenvalue weighted by molar-refractivity contribution is 0.0696. The predicted molar refractivity (Wildman–Crippen MR) is 73.8 cm³/mol. The van der Waals surface area contributed by atoms with Crippen molar-refractivity contribution in [3.05, 3.63) is 11.3 Å². The molecular formula is C13H22N4O2. The lowest BCUT2D eigenvalue weighted by Crippen LogP contribution is -2.29. The monoisotopic (exact) mass is 266 g/mol. The van der Waals surface area contributed by atoms with Crippen LogP contribution in [0.4, 0.5) is 5.82 Å². The number of anilines is 1. The van der Waals surface area contributed by atoms with E-state index in [1.54, 1.807) is 18.7 Å². The Balaban J connectivity index is 2.19. The summed E-state index contributed by atoms with van der Waals surface area (Å²) in [5.74, 6) is 0.377. The lowest BCUT2D eigenvalue weighted by Gasteiger charge is -2.23. The number of aryl methyl sites for hydroxylation is 2. The molecule has 0 bridgehead atoms. The maximum absolute atomic E-state index is 11.4. The van der Waals surface area contributed by atoms with Crippen LogP contribution in [0.3, 0.4) is 0 Å². The molecule has 0 spiro atoms. The Bertz CT molecular complexity index is 483. The summed E-state index contributed by atoms with van der Waals surface area (Å²) in [6.07, 6.45) is 1.17.